The number of benzene rings is 2. The number of carbonyl (C=O) groups excluding carboxylic acids is 2. The predicted molar refractivity (Wildman–Crippen MR) is 122 cm³/mol. The van der Waals surface area contributed by atoms with Gasteiger partial charge in [0, 0.05) is 11.3 Å². The summed E-state index contributed by atoms with van der Waals surface area (Å²) >= 11 is 6.09. The molecule has 11 heteroatoms. The summed E-state index contributed by atoms with van der Waals surface area (Å²) in [6.45, 7) is 1.69. The first-order valence-electron chi connectivity index (χ1n) is 10.1. The van der Waals surface area contributed by atoms with E-state index in [2.05, 4.69) is 15.5 Å². The number of rotatable bonds is 7. The molecule has 3 N–H and O–H groups in total. The first kappa shape index (κ1) is 25.0. The Hall–Kier alpha value is -3.66. The van der Waals surface area contributed by atoms with Crippen LogP contribution in [0.2, 0.25) is 5.02 Å². The fourth-order valence-electron chi connectivity index (χ4n) is 3.04. The molecule has 0 saturated heterocycles. The molecule has 7 nitrogen and oxygen atoms in total. The molecule has 3 rings (SSSR count). The third kappa shape index (κ3) is 6.22. The normalized spacial score (nSPS) is 16.8. The van der Waals surface area contributed by atoms with Gasteiger partial charge in [0.25, 0.3) is 0 Å². The second kappa shape index (κ2) is 10.5. The van der Waals surface area contributed by atoms with Crippen molar-refractivity contribution in [3.63, 3.8) is 0 Å². The highest BCUT2D eigenvalue weighted by Gasteiger charge is 2.32. The molecule has 1 atom stereocenters. The monoisotopic (exact) mass is 492 g/mol. The summed E-state index contributed by atoms with van der Waals surface area (Å²) in [4.78, 5) is 28.2. The molecule has 178 valence electrons. The predicted octanol–water partition coefficient (Wildman–Crippen LogP) is 4.53. The van der Waals surface area contributed by atoms with Crippen molar-refractivity contribution in [1.29, 1.82) is 0 Å². The zero-order valence-corrected chi connectivity index (χ0v) is 18.7. The second-order valence-electron chi connectivity index (χ2n) is 7.33. The van der Waals surface area contributed by atoms with Crippen LogP contribution in [0.25, 0.3) is 0 Å². The number of carbonyl (C=O) groups is 2. The van der Waals surface area contributed by atoms with Crippen molar-refractivity contribution in [2.24, 2.45) is 21.7 Å². The second-order valence-corrected chi connectivity index (χ2v) is 7.74. The van der Waals surface area contributed by atoms with E-state index in [0.29, 0.717) is 11.8 Å². The Balaban J connectivity index is 1.78. The number of alkyl halides is 3. The number of esters is 1. The van der Waals surface area contributed by atoms with Gasteiger partial charge in [0.1, 0.15) is 5.70 Å². The lowest BCUT2D eigenvalue weighted by molar-refractivity contribution is -0.122. The van der Waals surface area contributed by atoms with Crippen LogP contribution in [0.3, 0.4) is 0 Å². The zero-order chi connectivity index (χ0) is 24.9. The molecule has 0 saturated carbocycles. The molecule has 0 radical (unpaired) electrons. The van der Waals surface area contributed by atoms with E-state index in [1.165, 1.54) is 24.3 Å². The van der Waals surface area contributed by atoms with Gasteiger partial charge in [-0.2, -0.15) is 18.3 Å². The summed E-state index contributed by atoms with van der Waals surface area (Å²) in [7, 11) is 0. The minimum absolute atomic E-state index is 0.00437. The van der Waals surface area contributed by atoms with Gasteiger partial charge in [-0.3, -0.25) is 4.79 Å². The Bertz CT molecular complexity index is 1170. The molecular weight excluding hydrogens is 473 g/mol. The van der Waals surface area contributed by atoms with Crippen molar-refractivity contribution in [3.8, 4) is 0 Å². The molecule has 1 unspecified atom stereocenters. The summed E-state index contributed by atoms with van der Waals surface area (Å²) in [5.41, 5.74) is 7.44. The van der Waals surface area contributed by atoms with Crippen LogP contribution < -0.4 is 11.2 Å². The number of ether oxygens (including phenoxy) is 1. The molecule has 1 aliphatic heterocycles. The standard InChI is InChI=1S/C23H20ClF3N4O3/c1-13-16(21(32)31-30-13)10-11-34-22(33)15-8-6-14(7-9-15)19(12-20(28)23(25,26)27)29-18-5-3-2-4-17(18)24/h2-9,12,16H,10-11,28H2,1H3,(H,31,32)/b20-12-,29-19?. The molecule has 2 aromatic rings. The van der Waals surface area contributed by atoms with Crippen LogP contribution in [0.4, 0.5) is 18.9 Å². The first-order chi connectivity index (χ1) is 16.1. The average molecular weight is 493 g/mol. The highest BCUT2D eigenvalue weighted by Crippen LogP contribution is 2.27. The quantitative estimate of drug-likeness (QED) is 0.437. The number of allylic oxidation sites excluding steroid dienone is 2. The zero-order valence-electron chi connectivity index (χ0n) is 17.9. The largest absolute Gasteiger partial charge is 0.462 e. The third-order valence-electron chi connectivity index (χ3n) is 4.93. The van der Waals surface area contributed by atoms with Crippen LogP contribution >= 0.6 is 11.6 Å². The Morgan fingerprint density at radius 2 is 1.85 bits per heavy atom. The minimum Gasteiger partial charge on any atom is -0.462 e. The molecule has 1 amide bonds. The van der Waals surface area contributed by atoms with Crippen molar-refractivity contribution < 1.29 is 27.5 Å². The van der Waals surface area contributed by atoms with Crippen LogP contribution in [0, 0.1) is 5.92 Å². The van der Waals surface area contributed by atoms with E-state index in [1.807, 2.05) is 0 Å². The molecule has 0 aromatic heterocycles. The van der Waals surface area contributed by atoms with Gasteiger partial charge in [-0.05, 0) is 43.7 Å². The molecule has 1 aliphatic rings. The van der Waals surface area contributed by atoms with Crippen LogP contribution in [-0.4, -0.2) is 36.1 Å². The number of nitrogens with two attached hydrogens (primary N) is 1. The smallest absolute Gasteiger partial charge is 0.430 e. The summed E-state index contributed by atoms with van der Waals surface area (Å²) < 4.78 is 44.3. The Morgan fingerprint density at radius 1 is 1.21 bits per heavy atom. The minimum atomic E-state index is -4.75. The van der Waals surface area contributed by atoms with Gasteiger partial charge in [-0.15, -0.1) is 0 Å². The van der Waals surface area contributed by atoms with Gasteiger partial charge < -0.3 is 10.5 Å². The number of hydrazone groups is 1. The van der Waals surface area contributed by atoms with Gasteiger partial charge in [-0.25, -0.2) is 15.2 Å². The Kier molecular flexibility index (Phi) is 7.72. The number of para-hydroxylation sites is 1. The highest BCUT2D eigenvalue weighted by molar-refractivity contribution is 6.33. The summed E-state index contributed by atoms with van der Waals surface area (Å²) in [6.07, 6.45) is -3.77. The molecular formula is C23H20ClF3N4O3. The van der Waals surface area contributed by atoms with E-state index in [4.69, 9.17) is 22.1 Å². The van der Waals surface area contributed by atoms with Crippen LogP contribution in [0.1, 0.15) is 29.3 Å². The molecule has 1 heterocycles. The molecule has 0 fully saturated rings. The maximum atomic E-state index is 13.0. The van der Waals surface area contributed by atoms with E-state index in [9.17, 15) is 22.8 Å². The number of hydrogen-bond acceptors (Lipinski definition) is 6. The maximum absolute atomic E-state index is 13.0. The first-order valence-corrected chi connectivity index (χ1v) is 10.4. The van der Waals surface area contributed by atoms with E-state index in [1.54, 1.807) is 31.2 Å². The van der Waals surface area contributed by atoms with Crippen molar-refractivity contribution in [3.05, 3.63) is 76.5 Å². The number of nitrogens with zero attached hydrogens (tertiary/aromatic N) is 2. The fraction of sp³-hybridized carbons (Fsp3) is 0.217. The van der Waals surface area contributed by atoms with Crippen molar-refractivity contribution in [2.75, 3.05) is 6.61 Å². The SMILES string of the molecule is CC1=NNC(=O)C1CCOC(=O)c1ccc(C(/C=C(\N)C(F)(F)F)=Nc2ccccc2Cl)cc1. The lowest BCUT2D eigenvalue weighted by Crippen LogP contribution is -2.24. The number of hydrogen-bond donors (Lipinski definition) is 2. The van der Waals surface area contributed by atoms with Crippen molar-refractivity contribution in [2.45, 2.75) is 19.5 Å². The molecule has 2 aromatic carbocycles. The molecule has 0 aliphatic carbocycles. The summed E-state index contributed by atoms with van der Waals surface area (Å²) in [6, 6.07) is 12.0. The van der Waals surface area contributed by atoms with Crippen LogP contribution in [0.15, 0.2) is 70.4 Å². The van der Waals surface area contributed by atoms with E-state index < -0.39 is 23.8 Å². The number of halogens is 4. The van der Waals surface area contributed by atoms with Crippen LogP contribution in [0.5, 0.6) is 0 Å². The lowest BCUT2D eigenvalue weighted by Gasteiger charge is -2.10. The third-order valence-corrected chi connectivity index (χ3v) is 5.25. The number of nitrogens with one attached hydrogen (secondary N) is 1. The van der Waals surface area contributed by atoms with Gasteiger partial charge in [0.15, 0.2) is 0 Å². The molecule has 34 heavy (non-hydrogen) atoms. The summed E-state index contributed by atoms with van der Waals surface area (Å²) in [5, 5.41) is 4.07. The fourth-order valence-corrected chi connectivity index (χ4v) is 3.22. The molecule has 0 bridgehead atoms. The number of aliphatic imine (C=N–C) groups is 1. The number of amides is 1. The van der Waals surface area contributed by atoms with Crippen LogP contribution in [-0.2, 0) is 9.53 Å². The Labute approximate surface area is 198 Å². The topological polar surface area (TPSA) is 106 Å². The van der Waals surface area contributed by atoms with E-state index >= 15 is 0 Å². The van der Waals surface area contributed by atoms with Gasteiger partial charge in [0.2, 0.25) is 5.91 Å². The highest BCUT2D eigenvalue weighted by atomic mass is 35.5. The molecule has 0 spiro atoms. The van der Waals surface area contributed by atoms with Gasteiger partial charge in [-0.1, -0.05) is 35.9 Å². The van der Waals surface area contributed by atoms with Crippen molar-refractivity contribution >= 4 is 40.6 Å². The van der Waals surface area contributed by atoms with E-state index in [0.717, 1.165) is 0 Å². The van der Waals surface area contributed by atoms with Crippen molar-refractivity contribution in [1.82, 2.24) is 5.43 Å². The Morgan fingerprint density at radius 3 is 2.44 bits per heavy atom. The van der Waals surface area contributed by atoms with E-state index in [-0.39, 0.29) is 46.5 Å². The van der Waals surface area contributed by atoms with Gasteiger partial charge in [0.05, 0.1) is 34.5 Å². The lowest BCUT2D eigenvalue weighted by atomic mass is 10.0. The summed E-state index contributed by atoms with van der Waals surface area (Å²) in [5.74, 6) is -1.35. The maximum Gasteiger partial charge on any atom is 0.430 e. The average Bonchev–Trinajstić information content (AvgIpc) is 3.11. The van der Waals surface area contributed by atoms with Gasteiger partial charge >= 0.3 is 12.1 Å².